The molecule has 3 nitrogen and oxygen atoms in total. The molecule has 1 aromatic rings. The number of nitrogens with zero attached hydrogens (tertiary/aromatic N) is 1. The predicted octanol–water partition coefficient (Wildman–Crippen LogP) is 1.43. The van der Waals surface area contributed by atoms with Crippen LogP contribution < -0.4 is 5.32 Å². The van der Waals surface area contributed by atoms with Crippen molar-refractivity contribution in [1.29, 1.82) is 0 Å². The molecule has 1 heterocycles. The van der Waals surface area contributed by atoms with E-state index in [1.54, 1.807) is 24.5 Å². The molecule has 2 rings (SSSR count). The van der Waals surface area contributed by atoms with E-state index in [0.29, 0.717) is 0 Å². The quantitative estimate of drug-likeness (QED) is 0.714. The highest BCUT2D eigenvalue weighted by atomic mass is 16.2. The van der Waals surface area contributed by atoms with Crippen LogP contribution in [0, 0.1) is 5.92 Å². The molecular formula is C9H10N2O. The molecule has 0 saturated heterocycles. The Morgan fingerprint density at radius 1 is 1.42 bits per heavy atom. The zero-order valence-electron chi connectivity index (χ0n) is 6.66. The van der Waals surface area contributed by atoms with Gasteiger partial charge in [0.2, 0.25) is 5.91 Å². The average molecular weight is 162 g/mol. The fraction of sp³-hybridized carbons (Fsp3) is 0.333. The lowest BCUT2D eigenvalue weighted by molar-refractivity contribution is -0.117. The van der Waals surface area contributed by atoms with E-state index < -0.39 is 0 Å². The molecule has 0 atom stereocenters. The van der Waals surface area contributed by atoms with Gasteiger partial charge in [-0.15, -0.1) is 0 Å². The lowest BCUT2D eigenvalue weighted by atomic mass is 10.3. The standard InChI is InChI=1S/C9H10N2O/c12-9(7-1-2-7)11-8-3-5-10-6-4-8/h3-7H,1-2H2,(H,10,11,12). The highest BCUT2D eigenvalue weighted by Crippen LogP contribution is 2.29. The number of carbonyl (C=O) groups excluding carboxylic acids is 1. The van der Waals surface area contributed by atoms with E-state index in [2.05, 4.69) is 10.3 Å². The van der Waals surface area contributed by atoms with Crippen molar-refractivity contribution in [2.45, 2.75) is 12.8 Å². The van der Waals surface area contributed by atoms with Gasteiger partial charge in [0, 0.05) is 24.0 Å². The van der Waals surface area contributed by atoms with Gasteiger partial charge in [-0.3, -0.25) is 9.78 Å². The van der Waals surface area contributed by atoms with Gasteiger partial charge in [-0.1, -0.05) is 0 Å². The van der Waals surface area contributed by atoms with Crippen LogP contribution in [0.2, 0.25) is 0 Å². The van der Waals surface area contributed by atoms with Crippen molar-refractivity contribution in [2.75, 3.05) is 5.32 Å². The van der Waals surface area contributed by atoms with Crippen molar-refractivity contribution in [1.82, 2.24) is 4.98 Å². The second-order valence-electron chi connectivity index (χ2n) is 3.00. The summed E-state index contributed by atoms with van der Waals surface area (Å²) in [5.41, 5.74) is 0.835. The first kappa shape index (κ1) is 7.28. The summed E-state index contributed by atoms with van der Waals surface area (Å²) in [6, 6.07) is 3.58. The van der Waals surface area contributed by atoms with Gasteiger partial charge in [-0.2, -0.15) is 0 Å². The Hall–Kier alpha value is -1.38. The fourth-order valence-electron chi connectivity index (χ4n) is 1.03. The van der Waals surface area contributed by atoms with Crippen LogP contribution in [-0.4, -0.2) is 10.9 Å². The van der Waals surface area contributed by atoms with Crippen molar-refractivity contribution >= 4 is 11.6 Å². The van der Waals surface area contributed by atoms with Crippen molar-refractivity contribution in [3.8, 4) is 0 Å². The highest BCUT2D eigenvalue weighted by molar-refractivity contribution is 5.93. The second kappa shape index (κ2) is 2.93. The summed E-state index contributed by atoms with van der Waals surface area (Å²) in [4.78, 5) is 15.1. The zero-order chi connectivity index (χ0) is 8.39. The van der Waals surface area contributed by atoms with Crippen LogP contribution in [0.5, 0.6) is 0 Å². The largest absolute Gasteiger partial charge is 0.326 e. The topological polar surface area (TPSA) is 42.0 Å². The number of hydrogen-bond acceptors (Lipinski definition) is 2. The molecule has 1 aliphatic carbocycles. The molecule has 0 unspecified atom stereocenters. The molecular weight excluding hydrogens is 152 g/mol. The molecule has 0 spiro atoms. The summed E-state index contributed by atoms with van der Waals surface area (Å²) in [6.45, 7) is 0. The zero-order valence-corrected chi connectivity index (χ0v) is 6.66. The van der Waals surface area contributed by atoms with Gasteiger partial charge in [-0.25, -0.2) is 0 Å². The van der Waals surface area contributed by atoms with Crippen LogP contribution >= 0.6 is 0 Å². The van der Waals surface area contributed by atoms with E-state index in [-0.39, 0.29) is 11.8 Å². The Kier molecular flexibility index (Phi) is 1.78. The lowest BCUT2D eigenvalue weighted by Crippen LogP contribution is -2.12. The summed E-state index contributed by atoms with van der Waals surface area (Å²) in [5.74, 6) is 0.402. The minimum Gasteiger partial charge on any atom is -0.326 e. The summed E-state index contributed by atoms with van der Waals surface area (Å²) in [5, 5.41) is 2.82. The van der Waals surface area contributed by atoms with Crippen LogP contribution in [0.4, 0.5) is 5.69 Å². The van der Waals surface area contributed by atoms with Crippen molar-refractivity contribution in [3.05, 3.63) is 24.5 Å². The van der Waals surface area contributed by atoms with E-state index in [1.165, 1.54) is 0 Å². The molecule has 12 heavy (non-hydrogen) atoms. The van der Waals surface area contributed by atoms with Gasteiger partial charge in [0.1, 0.15) is 0 Å². The monoisotopic (exact) mass is 162 g/mol. The highest BCUT2D eigenvalue weighted by Gasteiger charge is 2.29. The average Bonchev–Trinajstić information content (AvgIpc) is 2.88. The first-order valence-corrected chi connectivity index (χ1v) is 4.07. The number of pyridine rings is 1. The molecule has 3 heteroatoms. The Bertz CT molecular complexity index is 280. The normalized spacial score (nSPS) is 15.7. The fourth-order valence-corrected chi connectivity index (χ4v) is 1.03. The number of carbonyl (C=O) groups is 1. The van der Waals surface area contributed by atoms with Gasteiger partial charge in [0.15, 0.2) is 0 Å². The summed E-state index contributed by atoms with van der Waals surface area (Å²) < 4.78 is 0. The van der Waals surface area contributed by atoms with Crippen LogP contribution in [0.15, 0.2) is 24.5 Å². The van der Waals surface area contributed by atoms with Crippen LogP contribution in [0.3, 0.4) is 0 Å². The third kappa shape index (κ3) is 1.61. The lowest BCUT2D eigenvalue weighted by Gasteiger charge is -2.01. The first-order valence-electron chi connectivity index (χ1n) is 4.07. The second-order valence-corrected chi connectivity index (χ2v) is 3.00. The molecule has 1 aliphatic rings. The SMILES string of the molecule is O=C(Nc1ccncc1)C1CC1. The molecule has 1 amide bonds. The van der Waals surface area contributed by atoms with Crippen molar-refractivity contribution in [2.24, 2.45) is 5.92 Å². The third-order valence-corrected chi connectivity index (χ3v) is 1.90. The number of nitrogens with one attached hydrogen (secondary N) is 1. The summed E-state index contributed by atoms with van der Waals surface area (Å²) in [6.07, 6.45) is 5.42. The van der Waals surface area contributed by atoms with Crippen LogP contribution in [0.25, 0.3) is 0 Å². The molecule has 1 aromatic heterocycles. The van der Waals surface area contributed by atoms with Crippen LogP contribution in [0.1, 0.15) is 12.8 Å². The Balaban J connectivity index is 1.98. The number of anilines is 1. The maximum Gasteiger partial charge on any atom is 0.227 e. The van der Waals surface area contributed by atoms with E-state index in [0.717, 1.165) is 18.5 Å². The Morgan fingerprint density at radius 2 is 2.08 bits per heavy atom. The number of hydrogen-bond donors (Lipinski definition) is 1. The maximum absolute atomic E-state index is 11.2. The molecule has 1 saturated carbocycles. The van der Waals surface area contributed by atoms with Gasteiger partial charge in [0.25, 0.3) is 0 Å². The number of amides is 1. The smallest absolute Gasteiger partial charge is 0.227 e. The van der Waals surface area contributed by atoms with E-state index in [9.17, 15) is 4.79 Å². The summed E-state index contributed by atoms with van der Waals surface area (Å²) >= 11 is 0. The van der Waals surface area contributed by atoms with Gasteiger partial charge < -0.3 is 5.32 Å². The van der Waals surface area contributed by atoms with Gasteiger partial charge in [0.05, 0.1) is 0 Å². The Morgan fingerprint density at radius 3 is 2.67 bits per heavy atom. The predicted molar refractivity (Wildman–Crippen MR) is 45.6 cm³/mol. The number of aromatic nitrogens is 1. The van der Waals surface area contributed by atoms with E-state index >= 15 is 0 Å². The third-order valence-electron chi connectivity index (χ3n) is 1.90. The first-order chi connectivity index (χ1) is 5.86. The molecule has 0 aromatic carbocycles. The van der Waals surface area contributed by atoms with Gasteiger partial charge in [-0.05, 0) is 25.0 Å². The molecule has 1 N–H and O–H groups in total. The minimum atomic E-state index is 0.140. The number of rotatable bonds is 2. The van der Waals surface area contributed by atoms with Gasteiger partial charge >= 0.3 is 0 Å². The van der Waals surface area contributed by atoms with Crippen LogP contribution in [-0.2, 0) is 4.79 Å². The molecule has 62 valence electrons. The summed E-state index contributed by atoms with van der Waals surface area (Å²) in [7, 11) is 0. The maximum atomic E-state index is 11.2. The molecule has 0 aliphatic heterocycles. The van der Waals surface area contributed by atoms with Crippen molar-refractivity contribution in [3.63, 3.8) is 0 Å². The molecule has 0 bridgehead atoms. The Labute approximate surface area is 70.8 Å². The van der Waals surface area contributed by atoms with E-state index in [4.69, 9.17) is 0 Å². The van der Waals surface area contributed by atoms with E-state index in [1.807, 2.05) is 0 Å². The molecule has 0 radical (unpaired) electrons. The van der Waals surface area contributed by atoms with Crippen molar-refractivity contribution < 1.29 is 4.79 Å². The minimum absolute atomic E-state index is 0.140. The molecule has 1 fully saturated rings.